The molecule has 0 saturated carbocycles. The lowest BCUT2D eigenvalue weighted by molar-refractivity contribution is -0.385. The second-order valence-electron chi connectivity index (χ2n) is 4.93. The van der Waals surface area contributed by atoms with Gasteiger partial charge in [-0.3, -0.25) is 14.9 Å². The zero-order chi connectivity index (χ0) is 19.1. The van der Waals surface area contributed by atoms with Gasteiger partial charge in [0.25, 0.3) is 11.6 Å². The predicted molar refractivity (Wildman–Crippen MR) is 93.1 cm³/mol. The van der Waals surface area contributed by atoms with Crippen molar-refractivity contribution in [1.29, 1.82) is 0 Å². The standard InChI is InChI=1S/C17H12ClFN2O5/c18-13-9-12(19)6-7-14(13)20-16(22)10-26-17(23)8-5-11-3-1-2-4-15(11)21(24)25/h1-9H,10H2,(H,20,22). The van der Waals surface area contributed by atoms with Gasteiger partial charge in [-0.1, -0.05) is 23.7 Å². The molecular weight excluding hydrogens is 367 g/mol. The largest absolute Gasteiger partial charge is 0.452 e. The minimum absolute atomic E-state index is 0.000888. The van der Waals surface area contributed by atoms with Crippen LogP contribution in [0.25, 0.3) is 6.08 Å². The maximum atomic E-state index is 12.9. The van der Waals surface area contributed by atoms with Gasteiger partial charge in [0.05, 0.1) is 21.2 Å². The Kier molecular flexibility index (Phi) is 6.40. The molecule has 134 valence electrons. The molecule has 0 heterocycles. The number of nitro benzene ring substituents is 1. The highest BCUT2D eigenvalue weighted by molar-refractivity contribution is 6.33. The molecule has 2 aromatic rings. The number of hydrogen-bond acceptors (Lipinski definition) is 5. The van der Waals surface area contributed by atoms with Crippen molar-refractivity contribution < 1.29 is 23.6 Å². The van der Waals surface area contributed by atoms with Gasteiger partial charge < -0.3 is 10.1 Å². The average Bonchev–Trinajstić information content (AvgIpc) is 2.60. The zero-order valence-corrected chi connectivity index (χ0v) is 13.9. The van der Waals surface area contributed by atoms with E-state index in [0.717, 1.165) is 18.2 Å². The van der Waals surface area contributed by atoms with Crippen LogP contribution in [0.1, 0.15) is 5.56 Å². The monoisotopic (exact) mass is 378 g/mol. The van der Waals surface area contributed by atoms with Gasteiger partial charge in [-0.2, -0.15) is 0 Å². The minimum Gasteiger partial charge on any atom is -0.452 e. The van der Waals surface area contributed by atoms with E-state index in [0.29, 0.717) is 0 Å². The quantitative estimate of drug-likeness (QED) is 0.358. The van der Waals surface area contributed by atoms with Crippen LogP contribution >= 0.6 is 11.6 Å². The third-order valence-corrected chi connectivity index (χ3v) is 3.40. The maximum absolute atomic E-state index is 12.9. The molecule has 1 N–H and O–H groups in total. The van der Waals surface area contributed by atoms with Gasteiger partial charge >= 0.3 is 5.97 Å². The number of carbonyl (C=O) groups excluding carboxylic acids is 2. The van der Waals surface area contributed by atoms with Gasteiger partial charge in [0.1, 0.15) is 5.82 Å². The molecule has 0 aliphatic heterocycles. The molecule has 1 amide bonds. The molecule has 0 fully saturated rings. The Balaban J connectivity index is 1.90. The van der Waals surface area contributed by atoms with Crippen LogP contribution in [0.5, 0.6) is 0 Å². The Bertz CT molecular complexity index is 885. The second-order valence-corrected chi connectivity index (χ2v) is 5.34. The van der Waals surface area contributed by atoms with Crippen LogP contribution in [-0.2, 0) is 14.3 Å². The average molecular weight is 379 g/mol. The number of rotatable bonds is 6. The van der Waals surface area contributed by atoms with Crippen LogP contribution in [0.2, 0.25) is 5.02 Å². The van der Waals surface area contributed by atoms with Crippen LogP contribution in [0, 0.1) is 15.9 Å². The highest BCUT2D eigenvalue weighted by Gasteiger charge is 2.11. The number of nitrogens with one attached hydrogen (secondary N) is 1. The fourth-order valence-corrected chi connectivity index (χ4v) is 2.13. The summed E-state index contributed by atoms with van der Waals surface area (Å²) in [6.07, 6.45) is 2.19. The van der Waals surface area contributed by atoms with Gasteiger partial charge in [-0.15, -0.1) is 0 Å². The van der Waals surface area contributed by atoms with Crippen LogP contribution in [-0.4, -0.2) is 23.4 Å². The predicted octanol–water partition coefficient (Wildman–Crippen LogP) is 3.58. The summed E-state index contributed by atoms with van der Waals surface area (Å²) in [5, 5.41) is 13.2. The van der Waals surface area contributed by atoms with E-state index in [2.05, 4.69) is 5.32 Å². The summed E-state index contributed by atoms with van der Waals surface area (Å²) in [5.74, 6) is -2.09. The van der Waals surface area contributed by atoms with E-state index in [4.69, 9.17) is 16.3 Å². The SMILES string of the molecule is O=C(COC(=O)C=Cc1ccccc1[N+](=O)[O-])Nc1ccc(F)cc1Cl. The summed E-state index contributed by atoms with van der Waals surface area (Å²) >= 11 is 5.77. The molecule has 0 radical (unpaired) electrons. The van der Waals surface area contributed by atoms with Gasteiger partial charge in [-0.25, -0.2) is 9.18 Å². The molecule has 26 heavy (non-hydrogen) atoms. The molecule has 2 aromatic carbocycles. The Morgan fingerprint density at radius 3 is 2.69 bits per heavy atom. The van der Waals surface area contributed by atoms with E-state index >= 15 is 0 Å². The first-order valence-electron chi connectivity index (χ1n) is 7.20. The molecule has 0 bridgehead atoms. The summed E-state index contributed by atoms with van der Waals surface area (Å²) in [6.45, 7) is -0.603. The number of halogens is 2. The molecule has 0 aromatic heterocycles. The Morgan fingerprint density at radius 2 is 2.00 bits per heavy atom. The van der Waals surface area contributed by atoms with Crippen LogP contribution in [0.3, 0.4) is 0 Å². The van der Waals surface area contributed by atoms with E-state index in [9.17, 15) is 24.1 Å². The van der Waals surface area contributed by atoms with Crippen molar-refractivity contribution in [2.24, 2.45) is 0 Å². The van der Waals surface area contributed by atoms with Crippen molar-refractivity contribution >= 4 is 40.9 Å². The summed E-state index contributed by atoms with van der Waals surface area (Å²) in [5.41, 5.74) is 0.224. The first-order chi connectivity index (χ1) is 12.4. The van der Waals surface area contributed by atoms with Gasteiger partial charge in [0.2, 0.25) is 0 Å². The fraction of sp³-hybridized carbons (Fsp3) is 0.0588. The molecule has 0 spiro atoms. The number of nitrogens with zero attached hydrogens (tertiary/aromatic N) is 1. The molecule has 0 atom stereocenters. The topological polar surface area (TPSA) is 98.5 Å². The molecule has 2 rings (SSSR count). The van der Waals surface area contributed by atoms with E-state index in [1.807, 2.05) is 0 Å². The van der Waals surface area contributed by atoms with E-state index in [1.54, 1.807) is 6.07 Å². The van der Waals surface area contributed by atoms with E-state index in [-0.39, 0.29) is 22.0 Å². The van der Waals surface area contributed by atoms with Crippen molar-refractivity contribution in [3.63, 3.8) is 0 Å². The lowest BCUT2D eigenvalue weighted by Gasteiger charge is -2.07. The number of para-hydroxylation sites is 1. The number of ether oxygens (including phenoxy) is 1. The van der Waals surface area contributed by atoms with Gasteiger partial charge in [0.15, 0.2) is 6.61 Å². The van der Waals surface area contributed by atoms with Crippen molar-refractivity contribution in [2.75, 3.05) is 11.9 Å². The number of esters is 1. The van der Waals surface area contributed by atoms with Crippen molar-refractivity contribution in [1.82, 2.24) is 0 Å². The second kappa shape index (κ2) is 8.72. The summed E-state index contributed by atoms with van der Waals surface area (Å²) < 4.78 is 17.7. The number of amides is 1. The highest BCUT2D eigenvalue weighted by atomic mass is 35.5. The summed E-state index contributed by atoms with van der Waals surface area (Å²) in [6, 6.07) is 9.25. The van der Waals surface area contributed by atoms with Crippen LogP contribution in [0.4, 0.5) is 15.8 Å². The molecule has 0 unspecified atom stereocenters. The molecule has 9 heteroatoms. The normalized spacial score (nSPS) is 10.5. The lowest BCUT2D eigenvalue weighted by atomic mass is 10.1. The van der Waals surface area contributed by atoms with Gasteiger partial charge in [0, 0.05) is 12.1 Å². The van der Waals surface area contributed by atoms with Crippen LogP contribution in [0.15, 0.2) is 48.5 Å². The minimum atomic E-state index is -0.858. The molecule has 0 aliphatic rings. The third-order valence-electron chi connectivity index (χ3n) is 3.08. The Labute approximate surface area is 152 Å². The van der Waals surface area contributed by atoms with Gasteiger partial charge in [-0.05, 0) is 30.3 Å². The molecule has 0 aliphatic carbocycles. The number of carbonyl (C=O) groups is 2. The van der Waals surface area contributed by atoms with E-state index in [1.165, 1.54) is 30.3 Å². The van der Waals surface area contributed by atoms with Crippen molar-refractivity contribution in [2.45, 2.75) is 0 Å². The molecule has 7 nitrogen and oxygen atoms in total. The highest BCUT2D eigenvalue weighted by Crippen LogP contribution is 2.22. The number of anilines is 1. The fourth-order valence-electron chi connectivity index (χ4n) is 1.91. The smallest absolute Gasteiger partial charge is 0.331 e. The number of benzene rings is 2. The number of nitro groups is 1. The Hall–Kier alpha value is -3.26. The lowest BCUT2D eigenvalue weighted by Crippen LogP contribution is -2.20. The maximum Gasteiger partial charge on any atom is 0.331 e. The first-order valence-corrected chi connectivity index (χ1v) is 7.58. The first kappa shape index (κ1) is 19.1. The van der Waals surface area contributed by atoms with Crippen LogP contribution < -0.4 is 5.32 Å². The number of hydrogen-bond donors (Lipinski definition) is 1. The van der Waals surface area contributed by atoms with Crippen molar-refractivity contribution in [3.05, 3.63) is 75.1 Å². The van der Waals surface area contributed by atoms with E-state index < -0.39 is 29.2 Å². The molecule has 0 saturated heterocycles. The third kappa shape index (κ3) is 5.38. The molecular formula is C17H12ClFN2O5. The Morgan fingerprint density at radius 1 is 1.27 bits per heavy atom. The summed E-state index contributed by atoms with van der Waals surface area (Å²) in [7, 11) is 0. The zero-order valence-electron chi connectivity index (χ0n) is 13.1. The van der Waals surface area contributed by atoms with Crippen molar-refractivity contribution in [3.8, 4) is 0 Å². The summed E-state index contributed by atoms with van der Waals surface area (Å²) in [4.78, 5) is 33.6.